The van der Waals surface area contributed by atoms with Crippen LogP contribution in [0.1, 0.15) is 38.8 Å². The van der Waals surface area contributed by atoms with E-state index in [1.807, 2.05) is 26.0 Å². The van der Waals surface area contributed by atoms with Crippen molar-refractivity contribution in [2.24, 2.45) is 11.3 Å². The highest BCUT2D eigenvalue weighted by molar-refractivity contribution is 9.10. The molecule has 0 aliphatic carbocycles. The molecule has 110 valence electrons. The van der Waals surface area contributed by atoms with Crippen LogP contribution in [0, 0.1) is 11.3 Å². The van der Waals surface area contributed by atoms with Gasteiger partial charge in [-0.2, -0.15) is 0 Å². The van der Waals surface area contributed by atoms with Crippen LogP contribution >= 0.6 is 15.9 Å². The van der Waals surface area contributed by atoms with Crippen molar-refractivity contribution in [1.82, 2.24) is 4.90 Å². The van der Waals surface area contributed by atoms with Crippen LogP contribution in [0.2, 0.25) is 0 Å². The van der Waals surface area contributed by atoms with Crippen LogP contribution in [-0.4, -0.2) is 29.1 Å². The molecule has 1 heterocycles. The first kappa shape index (κ1) is 15.5. The minimum absolute atomic E-state index is 0.155. The average Bonchev–Trinajstić information content (AvgIpc) is 2.85. The zero-order chi connectivity index (χ0) is 14.9. The van der Waals surface area contributed by atoms with Crippen LogP contribution in [0.5, 0.6) is 0 Å². The number of carbonyl (C=O) groups is 1. The first-order valence-electron chi connectivity index (χ1n) is 7.10. The number of hydrogen-bond acceptors (Lipinski definition) is 2. The van der Waals surface area contributed by atoms with E-state index in [-0.39, 0.29) is 12.0 Å². The molecule has 1 aliphatic rings. The monoisotopic (exact) mass is 339 g/mol. The molecule has 1 N–H and O–H groups in total. The molecule has 20 heavy (non-hydrogen) atoms. The number of likely N-dealkylation sites (tertiary alicyclic amines) is 1. The van der Waals surface area contributed by atoms with E-state index in [0.717, 1.165) is 17.4 Å². The molecule has 4 heteroatoms. The SMILES string of the molecule is CC(c1ccc(Br)cc1)N1CCC(C(=O)O)(C(C)C)C1. The van der Waals surface area contributed by atoms with Gasteiger partial charge in [-0.15, -0.1) is 0 Å². The van der Waals surface area contributed by atoms with Gasteiger partial charge in [0.2, 0.25) is 0 Å². The quantitative estimate of drug-likeness (QED) is 0.902. The number of nitrogens with zero attached hydrogens (tertiary/aromatic N) is 1. The van der Waals surface area contributed by atoms with Crippen LogP contribution in [0.25, 0.3) is 0 Å². The molecule has 1 aliphatic heterocycles. The smallest absolute Gasteiger partial charge is 0.311 e. The summed E-state index contributed by atoms with van der Waals surface area (Å²) < 4.78 is 1.07. The maximum atomic E-state index is 11.7. The fourth-order valence-corrected chi connectivity index (χ4v) is 3.30. The van der Waals surface area contributed by atoms with E-state index in [1.165, 1.54) is 5.56 Å². The van der Waals surface area contributed by atoms with Crippen LogP contribution in [0.4, 0.5) is 0 Å². The van der Waals surface area contributed by atoms with Gasteiger partial charge in [0.1, 0.15) is 0 Å². The van der Waals surface area contributed by atoms with Crippen molar-refractivity contribution < 1.29 is 9.90 Å². The summed E-state index contributed by atoms with van der Waals surface area (Å²) in [5.41, 5.74) is 0.641. The van der Waals surface area contributed by atoms with E-state index in [0.29, 0.717) is 6.54 Å². The van der Waals surface area contributed by atoms with Crippen molar-refractivity contribution >= 4 is 21.9 Å². The molecule has 2 atom stereocenters. The zero-order valence-corrected chi connectivity index (χ0v) is 13.9. The van der Waals surface area contributed by atoms with Crippen LogP contribution in [0.15, 0.2) is 28.7 Å². The maximum absolute atomic E-state index is 11.7. The lowest BCUT2D eigenvalue weighted by Crippen LogP contribution is -2.39. The molecule has 1 aromatic carbocycles. The summed E-state index contributed by atoms with van der Waals surface area (Å²) in [6, 6.07) is 8.53. The average molecular weight is 340 g/mol. The predicted molar refractivity (Wildman–Crippen MR) is 83.7 cm³/mol. The Labute approximate surface area is 129 Å². The van der Waals surface area contributed by atoms with E-state index in [9.17, 15) is 9.90 Å². The summed E-state index contributed by atoms with van der Waals surface area (Å²) in [6.45, 7) is 7.67. The van der Waals surface area contributed by atoms with Crippen molar-refractivity contribution in [3.63, 3.8) is 0 Å². The number of aliphatic carboxylic acids is 1. The molecule has 0 spiro atoms. The molecule has 1 fully saturated rings. The van der Waals surface area contributed by atoms with Crippen LogP contribution < -0.4 is 0 Å². The van der Waals surface area contributed by atoms with Crippen LogP contribution in [0.3, 0.4) is 0 Å². The van der Waals surface area contributed by atoms with E-state index >= 15 is 0 Å². The van der Waals surface area contributed by atoms with Gasteiger partial charge in [-0.25, -0.2) is 0 Å². The van der Waals surface area contributed by atoms with Gasteiger partial charge in [0.25, 0.3) is 0 Å². The van der Waals surface area contributed by atoms with Gasteiger partial charge in [-0.1, -0.05) is 41.9 Å². The van der Waals surface area contributed by atoms with Gasteiger partial charge < -0.3 is 5.11 Å². The normalized spacial score (nSPS) is 25.1. The van der Waals surface area contributed by atoms with Gasteiger partial charge >= 0.3 is 5.97 Å². The molecule has 3 nitrogen and oxygen atoms in total. The fraction of sp³-hybridized carbons (Fsp3) is 0.562. The van der Waals surface area contributed by atoms with Gasteiger partial charge in [-0.05, 0) is 43.5 Å². The summed E-state index contributed by atoms with van der Waals surface area (Å²) in [5.74, 6) is -0.500. The third-order valence-electron chi connectivity index (χ3n) is 4.76. The van der Waals surface area contributed by atoms with Gasteiger partial charge in [0, 0.05) is 17.1 Å². The molecule has 0 amide bonds. The highest BCUT2D eigenvalue weighted by Gasteiger charge is 2.48. The Hall–Kier alpha value is -0.870. The van der Waals surface area contributed by atoms with Crippen molar-refractivity contribution in [1.29, 1.82) is 0 Å². The Balaban J connectivity index is 2.16. The highest BCUT2D eigenvalue weighted by Crippen LogP contribution is 2.41. The number of carboxylic acid groups (broad SMARTS) is 1. The first-order chi connectivity index (χ1) is 9.36. The minimum atomic E-state index is -0.655. The Bertz CT molecular complexity index is 486. The first-order valence-corrected chi connectivity index (χ1v) is 7.89. The second-order valence-corrected chi connectivity index (χ2v) is 6.98. The third kappa shape index (κ3) is 2.77. The fourth-order valence-electron chi connectivity index (χ4n) is 3.04. The zero-order valence-electron chi connectivity index (χ0n) is 12.3. The van der Waals surface area contributed by atoms with Gasteiger partial charge in [-0.3, -0.25) is 9.69 Å². The largest absolute Gasteiger partial charge is 0.481 e. The molecule has 0 bridgehead atoms. The van der Waals surface area contributed by atoms with Crippen molar-refractivity contribution in [2.75, 3.05) is 13.1 Å². The lowest BCUT2D eigenvalue weighted by Gasteiger charge is -2.31. The topological polar surface area (TPSA) is 40.5 Å². The summed E-state index contributed by atoms with van der Waals surface area (Å²) in [4.78, 5) is 14.0. The highest BCUT2D eigenvalue weighted by atomic mass is 79.9. The van der Waals surface area contributed by atoms with Gasteiger partial charge in [0.15, 0.2) is 0 Å². The lowest BCUT2D eigenvalue weighted by molar-refractivity contribution is -0.151. The minimum Gasteiger partial charge on any atom is -0.481 e. The summed E-state index contributed by atoms with van der Waals surface area (Å²) in [6.07, 6.45) is 0.737. The molecule has 0 radical (unpaired) electrons. The number of halogens is 1. The van der Waals surface area contributed by atoms with E-state index < -0.39 is 11.4 Å². The molecule has 1 saturated heterocycles. The van der Waals surface area contributed by atoms with E-state index in [4.69, 9.17) is 0 Å². The van der Waals surface area contributed by atoms with Crippen LogP contribution in [-0.2, 0) is 4.79 Å². The second-order valence-electron chi connectivity index (χ2n) is 6.06. The predicted octanol–water partition coefficient (Wildman–Crippen LogP) is 3.94. The summed E-state index contributed by atoms with van der Waals surface area (Å²) >= 11 is 3.44. The van der Waals surface area contributed by atoms with E-state index in [2.05, 4.69) is 39.9 Å². The lowest BCUT2D eigenvalue weighted by atomic mass is 9.76. The number of carboxylic acids is 1. The number of rotatable bonds is 4. The number of benzene rings is 1. The molecule has 2 rings (SSSR count). The standard InChI is InChI=1S/C16H22BrNO2/c1-11(2)16(15(19)20)8-9-18(10-16)12(3)13-4-6-14(17)7-5-13/h4-7,11-12H,8-10H2,1-3H3,(H,19,20). The molecule has 0 saturated carbocycles. The van der Waals surface area contributed by atoms with Crippen molar-refractivity contribution in [3.05, 3.63) is 34.3 Å². The van der Waals surface area contributed by atoms with Crippen molar-refractivity contribution in [3.8, 4) is 0 Å². The Kier molecular flexibility index (Phi) is 4.55. The maximum Gasteiger partial charge on any atom is 0.311 e. The van der Waals surface area contributed by atoms with Crippen molar-refractivity contribution in [2.45, 2.75) is 33.2 Å². The number of hydrogen-bond donors (Lipinski definition) is 1. The summed E-state index contributed by atoms with van der Waals surface area (Å²) in [7, 11) is 0. The van der Waals surface area contributed by atoms with E-state index in [1.54, 1.807) is 0 Å². The Morgan fingerprint density at radius 3 is 2.35 bits per heavy atom. The molecule has 1 aromatic rings. The summed E-state index contributed by atoms with van der Waals surface area (Å²) in [5, 5.41) is 9.61. The molecular formula is C16H22BrNO2. The Morgan fingerprint density at radius 2 is 1.90 bits per heavy atom. The molecule has 0 aromatic heterocycles. The molecular weight excluding hydrogens is 318 g/mol. The second kappa shape index (κ2) is 5.86. The third-order valence-corrected chi connectivity index (χ3v) is 5.29. The molecule has 2 unspecified atom stereocenters. The van der Waals surface area contributed by atoms with Gasteiger partial charge in [0.05, 0.1) is 5.41 Å². The Morgan fingerprint density at radius 1 is 1.30 bits per heavy atom.